The summed E-state index contributed by atoms with van der Waals surface area (Å²) >= 11 is 0. The third-order valence-corrected chi connectivity index (χ3v) is 6.16. The first kappa shape index (κ1) is 23.7. The molecule has 0 unspecified atom stereocenters. The van der Waals surface area contributed by atoms with Crippen LogP contribution in [0.4, 0.5) is 10.1 Å². The maximum atomic E-state index is 14.4. The van der Waals surface area contributed by atoms with Gasteiger partial charge < -0.3 is 4.74 Å². The van der Waals surface area contributed by atoms with Crippen molar-refractivity contribution < 1.29 is 22.3 Å². The number of anilines is 1. The van der Waals surface area contributed by atoms with E-state index in [1.165, 1.54) is 36.5 Å². The summed E-state index contributed by atoms with van der Waals surface area (Å²) in [5.41, 5.74) is 2.72. The number of sulfonamides is 1. The van der Waals surface area contributed by atoms with Gasteiger partial charge in [-0.15, -0.1) is 0 Å². The van der Waals surface area contributed by atoms with Crippen LogP contribution in [0.5, 0.6) is 5.75 Å². The largest absolute Gasteiger partial charge is 0.490 e. The number of amides is 1. The molecule has 170 valence electrons. The Morgan fingerprint density at radius 3 is 2.36 bits per heavy atom. The van der Waals surface area contributed by atoms with Crippen molar-refractivity contribution in [3.63, 3.8) is 0 Å². The maximum absolute atomic E-state index is 14.4. The number of para-hydroxylation sites is 1. The van der Waals surface area contributed by atoms with Gasteiger partial charge in [0, 0.05) is 0 Å². The molecule has 7 nitrogen and oxygen atoms in total. The summed E-state index contributed by atoms with van der Waals surface area (Å²) in [7, 11) is -4.20. The molecule has 0 aliphatic heterocycles. The zero-order valence-corrected chi connectivity index (χ0v) is 18.4. The fourth-order valence-electron chi connectivity index (χ4n) is 2.82. The van der Waals surface area contributed by atoms with Crippen LogP contribution in [0.15, 0.2) is 102 Å². The molecule has 9 heteroatoms. The van der Waals surface area contributed by atoms with Crippen LogP contribution in [0.3, 0.4) is 0 Å². The van der Waals surface area contributed by atoms with Gasteiger partial charge in [0.25, 0.3) is 15.9 Å². The molecule has 0 atom stereocenters. The number of ether oxygens (including phenoxy) is 1. The van der Waals surface area contributed by atoms with Crippen molar-refractivity contribution in [2.75, 3.05) is 17.5 Å². The average molecular weight is 468 g/mol. The van der Waals surface area contributed by atoms with Crippen LogP contribution in [0.25, 0.3) is 0 Å². The Balaban J connectivity index is 1.75. The average Bonchev–Trinajstić information content (AvgIpc) is 2.83. The van der Waals surface area contributed by atoms with Crippen molar-refractivity contribution in [3.8, 4) is 5.75 Å². The minimum Gasteiger partial charge on any atom is -0.490 e. The molecule has 0 aliphatic carbocycles. The summed E-state index contributed by atoms with van der Waals surface area (Å²) in [6.07, 6.45) is 3.03. The van der Waals surface area contributed by atoms with Gasteiger partial charge in [-0.1, -0.05) is 43.0 Å². The molecule has 0 aliphatic rings. The Morgan fingerprint density at radius 1 is 1.03 bits per heavy atom. The van der Waals surface area contributed by atoms with Crippen LogP contribution in [-0.2, 0) is 14.8 Å². The van der Waals surface area contributed by atoms with Gasteiger partial charge in [0.15, 0.2) is 0 Å². The van der Waals surface area contributed by atoms with Crippen LogP contribution in [0.1, 0.15) is 5.56 Å². The number of hydrogen-bond acceptors (Lipinski definition) is 5. The Morgan fingerprint density at radius 2 is 1.70 bits per heavy atom. The van der Waals surface area contributed by atoms with Gasteiger partial charge in [-0.05, 0) is 54.1 Å². The van der Waals surface area contributed by atoms with Crippen molar-refractivity contribution in [1.82, 2.24) is 5.43 Å². The lowest BCUT2D eigenvalue weighted by molar-refractivity contribution is -0.119. The molecule has 1 N–H and O–H groups in total. The molecule has 0 fully saturated rings. The predicted octanol–water partition coefficient (Wildman–Crippen LogP) is 3.74. The highest BCUT2D eigenvalue weighted by Gasteiger charge is 2.28. The Hall–Kier alpha value is -3.98. The number of hydrogen-bond donors (Lipinski definition) is 1. The molecule has 0 spiro atoms. The molecule has 0 radical (unpaired) electrons. The van der Waals surface area contributed by atoms with Crippen molar-refractivity contribution in [2.24, 2.45) is 5.10 Å². The number of carbonyl (C=O) groups is 1. The fourth-order valence-corrected chi connectivity index (χ4v) is 4.27. The molecule has 1 amide bonds. The zero-order valence-electron chi connectivity index (χ0n) is 17.6. The van der Waals surface area contributed by atoms with Gasteiger partial charge in [-0.2, -0.15) is 5.10 Å². The van der Waals surface area contributed by atoms with Gasteiger partial charge in [0.1, 0.15) is 24.7 Å². The molecule has 0 aromatic heterocycles. The first-order valence-corrected chi connectivity index (χ1v) is 11.3. The molecular weight excluding hydrogens is 445 g/mol. The summed E-state index contributed by atoms with van der Waals surface area (Å²) in [6.45, 7) is 3.30. The lowest BCUT2D eigenvalue weighted by Crippen LogP contribution is -2.40. The smallest absolute Gasteiger partial charge is 0.264 e. The highest BCUT2D eigenvalue weighted by molar-refractivity contribution is 7.92. The van der Waals surface area contributed by atoms with Crippen LogP contribution in [0, 0.1) is 5.82 Å². The standard InChI is InChI=1S/C24H22FN3O4S/c1-2-16-32-20-14-12-19(13-15-20)17-26-27-24(29)18-28(23-11-7-6-10-22(23)25)33(30,31)21-8-4-3-5-9-21/h2-15,17H,1,16,18H2,(H,27,29)/b26-17-. The van der Waals surface area contributed by atoms with Gasteiger partial charge in [0.05, 0.1) is 16.8 Å². The van der Waals surface area contributed by atoms with Gasteiger partial charge in [-0.25, -0.2) is 18.2 Å². The van der Waals surface area contributed by atoms with E-state index in [-0.39, 0.29) is 10.6 Å². The van der Waals surface area contributed by atoms with Crippen molar-refractivity contribution in [1.29, 1.82) is 0 Å². The predicted molar refractivity (Wildman–Crippen MR) is 125 cm³/mol. The highest BCUT2D eigenvalue weighted by Crippen LogP contribution is 2.25. The van der Waals surface area contributed by atoms with E-state index < -0.39 is 28.3 Å². The second-order valence-electron chi connectivity index (χ2n) is 6.74. The Bertz CT molecular complexity index is 1230. The van der Waals surface area contributed by atoms with Crippen molar-refractivity contribution in [2.45, 2.75) is 4.90 Å². The van der Waals surface area contributed by atoms with E-state index in [1.807, 2.05) is 0 Å². The normalized spacial score (nSPS) is 11.2. The molecule has 3 rings (SSSR count). The third-order valence-electron chi connectivity index (χ3n) is 4.39. The lowest BCUT2D eigenvalue weighted by atomic mass is 10.2. The summed E-state index contributed by atoms with van der Waals surface area (Å²) in [4.78, 5) is 12.4. The molecule has 33 heavy (non-hydrogen) atoms. The van der Waals surface area contributed by atoms with Gasteiger partial charge in [0.2, 0.25) is 0 Å². The van der Waals surface area contributed by atoms with E-state index in [1.54, 1.807) is 48.5 Å². The first-order chi connectivity index (χ1) is 15.9. The second-order valence-corrected chi connectivity index (χ2v) is 8.60. The van der Waals surface area contributed by atoms with Crippen molar-refractivity contribution >= 4 is 27.8 Å². The van der Waals surface area contributed by atoms with Crippen LogP contribution in [0.2, 0.25) is 0 Å². The molecule has 0 saturated heterocycles. The highest BCUT2D eigenvalue weighted by atomic mass is 32.2. The van der Waals surface area contributed by atoms with Gasteiger partial charge in [-0.3, -0.25) is 9.10 Å². The Labute approximate surface area is 191 Å². The maximum Gasteiger partial charge on any atom is 0.264 e. The molecule has 3 aromatic rings. The zero-order chi connectivity index (χ0) is 23.7. The number of carbonyl (C=O) groups excluding carboxylic acids is 1. The third kappa shape index (κ3) is 6.27. The van der Waals surface area contributed by atoms with E-state index in [2.05, 4.69) is 17.1 Å². The summed E-state index contributed by atoms with van der Waals surface area (Å²) in [5.74, 6) is -0.852. The minimum atomic E-state index is -4.20. The number of nitrogens with one attached hydrogen (secondary N) is 1. The number of halogens is 1. The number of nitrogens with zero attached hydrogens (tertiary/aromatic N) is 2. The van der Waals surface area contributed by atoms with Crippen LogP contribution >= 0.6 is 0 Å². The molecular formula is C24H22FN3O4S. The molecule has 0 saturated carbocycles. The summed E-state index contributed by atoms with van der Waals surface area (Å²) in [5, 5.41) is 3.86. The summed E-state index contributed by atoms with van der Waals surface area (Å²) in [6, 6.07) is 19.8. The molecule has 0 heterocycles. The lowest BCUT2D eigenvalue weighted by Gasteiger charge is -2.24. The van der Waals surface area contributed by atoms with Crippen LogP contribution < -0.4 is 14.5 Å². The quantitative estimate of drug-likeness (QED) is 0.280. The number of hydrazone groups is 1. The SMILES string of the molecule is C=CCOc1ccc(/C=N\NC(=O)CN(c2ccccc2F)S(=O)(=O)c2ccccc2)cc1. The summed E-state index contributed by atoms with van der Waals surface area (Å²) < 4.78 is 46.8. The van der Waals surface area contributed by atoms with E-state index in [9.17, 15) is 17.6 Å². The first-order valence-electron chi connectivity index (χ1n) is 9.90. The van der Waals surface area contributed by atoms with E-state index in [4.69, 9.17) is 4.74 Å². The van der Waals surface area contributed by atoms with E-state index in [0.29, 0.717) is 22.2 Å². The van der Waals surface area contributed by atoms with E-state index in [0.717, 1.165) is 6.07 Å². The topological polar surface area (TPSA) is 88.1 Å². The fraction of sp³-hybridized carbons (Fsp3) is 0.0833. The Kier molecular flexibility index (Phi) is 7.93. The molecule has 3 aromatic carbocycles. The molecule has 0 bridgehead atoms. The van der Waals surface area contributed by atoms with Crippen LogP contribution in [-0.4, -0.2) is 33.7 Å². The monoisotopic (exact) mass is 467 g/mol. The van der Waals surface area contributed by atoms with Crippen molar-refractivity contribution in [3.05, 3.63) is 103 Å². The van der Waals surface area contributed by atoms with Gasteiger partial charge >= 0.3 is 0 Å². The van der Waals surface area contributed by atoms with E-state index >= 15 is 0 Å². The number of benzene rings is 3. The second kappa shape index (κ2) is 11.1. The number of rotatable bonds is 10. The minimum absolute atomic E-state index is 0.0664.